The van der Waals surface area contributed by atoms with Crippen molar-refractivity contribution in [3.63, 3.8) is 0 Å². The van der Waals surface area contributed by atoms with E-state index in [1.807, 2.05) is 19.1 Å². The Morgan fingerprint density at radius 1 is 1.31 bits per heavy atom. The molecule has 16 heavy (non-hydrogen) atoms. The van der Waals surface area contributed by atoms with Gasteiger partial charge in [-0.2, -0.15) is 0 Å². The first kappa shape index (κ1) is 12.5. The molecule has 2 nitrogen and oxygen atoms in total. The summed E-state index contributed by atoms with van der Waals surface area (Å²) in [4.78, 5) is 9.75. The van der Waals surface area contributed by atoms with E-state index < -0.39 is 0 Å². The highest BCUT2D eigenvalue weighted by Crippen LogP contribution is 2.32. The molecule has 0 N–H and O–H groups in total. The molecule has 0 spiro atoms. The van der Waals surface area contributed by atoms with Crippen LogP contribution in [0.15, 0.2) is 20.4 Å². The molecule has 0 aliphatic rings. The summed E-state index contributed by atoms with van der Waals surface area (Å²) < 4.78 is 1.85. The molecule has 0 bridgehead atoms. The summed E-state index contributed by atoms with van der Waals surface area (Å²) in [7, 11) is 0. The Hall–Kier alpha value is 0.0300. The lowest BCUT2D eigenvalue weighted by Gasteiger charge is -2.04. The first-order valence-electron chi connectivity index (χ1n) is 4.59. The SMILES string of the molecule is CCc1nc(-c2ccc(Br)s2)nc(Cl)c1Br. The number of hydrogen-bond donors (Lipinski definition) is 0. The Labute approximate surface area is 119 Å². The van der Waals surface area contributed by atoms with E-state index in [-0.39, 0.29) is 0 Å². The highest BCUT2D eigenvalue weighted by Gasteiger charge is 2.12. The molecule has 2 aromatic rings. The van der Waals surface area contributed by atoms with Gasteiger partial charge in [0.25, 0.3) is 0 Å². The van der Waals surface area contributed by atoms with Gasteiger partial charge >= 0.3 is 0 Å². The second kappa shape index (κ2) is 5.12. The summed E-state index contributed by atoms with van der Waals surface area (Å²) in [6.45, 7) is 2.04. The van der Waals surface area contributed by atoms with Crippen LogP contribution >= 0.6 is 54.8 Å². The van der Waals surface area contributed by atoms with E-state index in [1.54, 1.807) is 11.3 Å². The standard InChI is InChI=1S/C10H7Br2ClN2S/c1-2-5-8(12)9(13)15-10(14-5)6-3-4-7(11)16-6/h3-4H,2H2,1H3. The summed E-state index contributed by atoms with van der Waals surface area (Å²) in [5, 5.41) is 0.464. The lowest BCUT2D eigenvalue weighted by Crippen LogP contribution is -1.96. The van der Waals surface area contributed by atoms with Gasteiger partial charge in [-0.15, -0.1) is 11.3 Å². The van der Waals surface area contributed by atoms with E-state index in [0.717, 1.165) is 25.3 Å². The van der Waals surface area contributed by atoms with Crippen molar-refractivity contribution in [3.8, 4) is 10.7 Å². The molecule has 0 aromatic carbocycles. The van der Waals surface area contributed by atoms with Gasteiger partial charge in [0.2, 0.25) is 0 Å². The fraction of sp³-hybridized carbons (Fsp3) is 0.200. The van der Waals surface area contributed by atoms with Crippen LogP contribution in [0.1, 0.15) is 12.6 Å². The van der Waals surface area contributed by atoms with E-state index >= 15 is 0 Å². The molecule has 0 aliphatic heterocycles. The van der Waals surface area contributed by atoms with Crippen molar-refractivity contribution in [3.05, 3.63) is 31.2 Å². The van der Waals surface area contributed by atoms with Crippen LogP contribution in [-0.2, 0) is 6.42 Å². The number of aromatic nitrogens is 2. The van der Waals surface area contributed by atoms with Crippen LogP contribution in [0.2, 0.25) is 5.15 Å². The van der Waals surface area contributed by atoms with Gasteiger partial charge in [-0.3, -0.25) is 0 Å². The Kier molecular flexibility index (Phi) is 4.00. The molecule has 0 saturated carbocycles. The minimum atomic E-state index is 0.464. The van der Waals surface area contributed by atoms with Crippen molar-refractivity contribution >= 4 is 54.8 Å². The van der Waals surface area contributed by atoms with Gasteiger partial charge in [-0.25, -0.2) is 9.97 Å². The molecule has 2 heterocycles. The molecule has 0 fully saturated rings. The first-order valence-corrected chi connectivity index (χ1v) is 7.37. The quantitative estimate of drug-likeness (QED) is 0.687. The zero-order valence-corrected chi connectivity index (χ0v) is 13.0. The second-order valence-electron chi connectivity index (χ2n) is 3.06. The van der Waals surface area contributed by atoms with E-state index in [0.29, 0.717) is 11.0 Å². The highest BCUT2D eigenvalue weighted by molar-refractivity contribution is 9.11. The number of halogens is 3. The van der Waals surface area contributed by atoms with Crippen molar-refractivity contribution in [2.45, 2.75) is 13.3 Å². The Bertz CT molecular complexity index is 528. The topological polar surface area (TPSA) is 25.8 Å². The maximum Gasteiger partial charge on any atom is 0.171 e. The fourth-order valence-corrected chi connectivity index (χ4v) is 3.21. The zero-order chi connectivity index (χ0) is 11.7. The molecular formula is C10H7Br2ClN2S. The number of aryl methyl sites for hydroxylation is 1. The highest BCUT2D eigenvalue weighted by atomic mass is 79.9. The molecule has 6 heteroatoms. The van der Waals surface area contributed by atoms with Crippen LogP contribution in [0.3, 0.4) is 0 Å². The van der Waals surface area contributed by atoms with Crippen LogP contribution in [0.5, 0.6) is 0 Å². The predicted molar refractivity (Wildman–Crippen MR) is 75.1 cm³/mol. The molecule has 2 rings (SSSR count). The summed E-state index contributed by atoms with van der Waals surface area (Å²) in [6.07, 6.45) is 0.822. The van der Waals surface area contributed by atoms with Gasteiger partial charge in [0.05, 0.1) is 18.8 Å². The van der Waals surface area contributed by atoms with Gasteiger partial charge in [-0.05, 0) is 50.4 Å². The Morgan fingerprint density at radius 3 is 2.62 bits per heavy atom. The van der Waals surface area contributed by atoms with Crippen LogP contribution in [-0.4, -0.2) is 9.97 Å². The molecule has 0 saturated heterocycles. The monoisotopic (exact) mass is 380 g/mol. The molecule has 0 atom stereocenters. The molecule has 2 aromatic heterocycles. The molecule has 84 valence electrons. The number of hydrogen-bond acceptors (Lipinski definition) is 3. The second-order valence-corrected chi connectivity index (χ2v) is 6.67. The fourth-order valence-electron chi connectivity index (χ4n) is 1.24. The Morgan fingerprint density at radius 2 is 2.06 bits per heavy atom. The average molecular weight is 383 g/mol. The van der Waals surface area contributed by atoms with E-state index in [2.05, 4.69) is 41.8 Å². The lowest BCUT2D eigenvalue weighted by atomic mass is 10.3. The van der Waals surface area contributed by atoms with Crippen LogP contribution in [0, 0.1) is 0 Å². The third-order valence-electron chi connectivity index (χ3n) is 2.01. The third-order valence-corrected chi connectivity index (χ3v) is 4.96. The maximum atomic E-state index is 6.05. The molecule has 0 aliphatic carbocycles. The first-order chi connectivity index (χ1) is 7.61. The number of rotatable bonds is 2. The van der Waals surface area contributed by atoms with E-state index in [9.17, 15) is 0 Å². The van der Waals surface area contributed by atoms with Gasteiger partial charge in [0.1, 0.15) is 5.15 Å². The number of nitrogens with zero attached hydrogens (tertiary/aromatic N) is 2. The lowest BCUT2D eigenvalue weighted by molar-refractivity contribution is 0.993. The normalized spacial score (nSPS) is 10.8. The van der Waals surface area contributed by atoms with Crippen LogP contribution in [0.25, 0.3) is 10.7 Å². The summed E-state index contributed by atoms with van der Waals surface area (Å²) >= 11 is 14.4. The van der Waals surface area contributed by atoms with Gasteiger partial charge in [0, 0.05) is 0 Å². The molecule has 0 amide bonds. The van der Waals surface area contributed by atoms with Crippen molar-refractivity contribution < 1.29 is 0 Å². The largest absolute Gasteiger partial charge is 0.231 e. The van der Waals surface area contributed by atoms with Gasteiger partial charge in [-0.1, -0.05) is 18.5 Å². The maximum absolute atomic E-state index is 6.05. The Balaban J connectivity index is 2.54. The van der Waals surface area contributed by atoms with Crippen LogP contribution < -0.4 is 0 Å². The molecule has 0 unspecified atom stereocenters. The smallest absolute Gasteiger partial charge is 0.171 e. The summed E-state index contributed by atoms with van der Waals surface area (Å²) in [6, 6.07) is 3.96. The zero-order valence-electron chi connectivity index (χ0n) is 8.30. The third kappa shape index (κ3) is 2.47. The van der Waals surface area contributed by atoms with Crippen molar-refractivity contribution in [1.82, 2.24) is 9.97 Å². The summed E-state index contributed by atoms with van der Waals surface area (Å²) in [5.74, 6) is 0.681. The average Bonchev–Trinajstić information content (AvgIpc) is 2.69. The van der Waals surface area contributed by atoms with Crippen LogP contribution in [0.4, 0.5) is 0 Å². The number of thiophene rings is 1. The van der Waals surface area contributed by atoms with Crippen molar-refractivity contribution in [1.29, 1.82) is 0 Å². The summed E-state index contributed by atoms with van der Waals surface area (Å²) in [5.41, 5.74) is 0.930. The minimum Gasteiger partial charge on any atom is -0.231 e. The van der Waals surface area contributed by atoms with Crippen molar-refractivity contribution in [2.24, 2.45) is 0 Å². The van der Waals surface area contributed by atoms with Gasteiger partial charge < -0.3 is 0 Å². The van der Waals surface area contributed by atoms with E-state index in [4.69, 9.17) is 11.6 Å². The van der Waals surface area contributed by atoms with E-state index in [1.165, 1.54) is 0 Å². The van der Waals surface area contributed by atoms with Gasteiger partial charge in [0.15, 0.2) is 5.82 Å². The predicted octanol–water partition coefficient (Wildman–Crippen LogP) is 4.95. The van der Waals surface area contributed by atoms with Crippen molar-refractivity contribution in [2.75, 3.05) is 0 Å². The minimum absolute atomic E-state index is 0.464. The molecular weight excluding hydrogens is 375 g/mol. The molecule has 0 radical (unpaired) electrons.